The summed E-state index contributed by atoms with van der Waals surface area (Å²) < 4.78 is 31.8. The molecule has 0 aliphatic heterocycles. The highest BCUT2D eigenvalue weighted by atomic mass is 32.2. The molecule has 0 N–H and O–H groups in total. The molecule has 3 rings (SSSR count). The molecule has 0 aliphatic rings. The molecule has 0 spiro atoms. The Morgan fingerprint density at radius 1 is 1.14 bits per heavy atom. The summed E-state index contributed by atoms with van der Waals surface area (Å²) in [6, 6.07) is 13.0. The summed E-state index contributed by atoms with van der Waals surface area (Å²) in [6.07, 6.45) is 1.30. The summed E-state index contributed by atoms with van der Waals surface area (Å²) in [5, 5.41) is 0.416. The second kappa shape index (κ2) is 7.91. The van der Waals surface area contributed by atoms with E-state index in [4.69, 9.17) is 4.74 Å². The fourth-order valence-electron chi connectivity index (χ4n) is 2.57. The molecule has 0 saturated heterocycles. The lowest BCUT2D eigenvalue weighted by Gasteiger charge is -2.12. The van der Waals surface area contributed by atoms with Crippen LogP contribution < -0.4 is 5.56 Å². The fourth-order valence-corrected chi connectivity index (χ4v) is 3.55. The second-order valence-electron chi connectivity index (χ2n) is 6.29. The van der Waals surface area contributed by atoms with Gasteiger partial charge in [-0.25, -0.2) is 17.7 Å². The Bertz CT molecular complexity index is 1190. The summed E-state index contributed by atoms with van der Waals surface area (Å²) in [7, 11) is -0.690. The van der Waals surface area contributed by atoms with Crippen molar-refractivity contribution >= 4 is 26.9 Å². The Morgan fingerprint density at radius 2 is 1.89 bits per heavy atom. The lowest BCUT2D eigenvalue weighted by molar-refractivity contribution is -0.145. The van der Waals surface area contributed by atoms with E-state index in [1.807, 2.05) is 0 Å². The van der Waals surface area contributed by atoms with E-state index in [0.29, 0.717) is 16.5 Å². The first-order chi connectivity index (χ1) is 13.3. The van der Waals surface area contributed by atoms with Crippen molar-refractivity contribution in [1.29, 1.82) is 0 Å². The number of hydrogen-bond donors (Lipinski definition) is 0. The maximum absolute atomic E-state index is 12.4. The Morgan fingerprint density at radius 3 is 2.64 bits per heavy atom. The third-order valence-electron chi connectivity index (χ3n) is 4.11. The number of carbonyl (C=O) groups excluding carboxylic acids is 1. The second-order valence-corrected chi connectivity index (χ2v) is 8.44. The predicted molar refractivity (Wildman–Crippen MR) is 103 cm³/mol. The van der Waals surface area contributed by atoms with Crippen molar-refractivity contribution in [3.63, 3.8) is 0 Å². The number of benzene rings is 2. The summed E-state index contributed by atoms with van der Waals surface area (Å²) in [5.74, 6) is -0.625. The average molecular weight is 401 g/mol. The third kappa shape index (κ3) is 4.10. The van der Waals surface area contributed by atoms with Gasteiger partial charge in [-0.2, -0.15) is 0 Å². The molecule has 0 aliphatic carbocycles. The van der Waals surface area contributed by atoms with Crippen LogP contribution in [-0.4, -0.2) is 42.3 Å². The van der Waals surface area contributed by atoms with Crippen molar-refractivity contribution in [3.05, 3.63) is 70.8 Å². The van der Waals surface area contributed by atoms with Crippen molar-refractivity contribution in [2.45, 2.75) is 18.0 Å². The first-order valence-corrected chi connectivity index (χ1v) is 9.84. The molecule has 0 atom stereocenters. The SMILES string of the molecule is CN(C)S(=O)(=O)c1cccc(COC(=O)Cn2cnc3ccccc3c2=O)c1. The zero-order valence-corrected chi connectivity index (χ0v) is 16.2. The van der Waals surface area contributed by atoms with Gasteiger partial charge >= 0.3 is 5.97 Å². The van der Waals surface area contributed by atoms with Gasteiger partial charge in [-0.05, 0) is 29.8 Å². The van der Waals surface area contributed by atoms with Gasteiger partial charge in [0.25, 0.3) is 5.56 Å². The minimum absolute atomic E-state index is 0.106. The van der Waals surface area contributed by atoms with Crippen molar-refractivity contribution in [3.8, 4) is 0 Å². The van der Waals surface area contributed by atoms with Crippen molar-refractivity contribution in [1.82, 2.24) is 13.9 Å². The van der Waals surface area contributed by atoms with Crippen LogP contribution in [0.5, 0.6) is 0 Å². The lowest BCUT2D eigenvalue weighted by Crippen LogP contribution is -2.25. The van der Waals surface area contributed by atoms with E-state index in [2.05, 4.69) is 4.98 Å². The number of fused-ring (bicyclic) bond motifs is 1. The van der Waals surface area contributed by atoms with Gasteiger partial charge in [0, 0.05) is 14.1 Å². The van der Waals surface area contributed by atoms with Crippen LogP contribution in [0.2, 0.25) is 0 Å². The van der Waals surface area contributed by atoms with Gasteiger partial charge in [-0.3, -0.25) is 14.2 Å². The Balaban J connectivity index is 1.70. The molecule has 0 bridgehead atoms. The molecule has 0 fully saturated rings. The van der Waals surface area contributed by atoms with E-state index in [1.54, 1.807) is 36.4 Å². The number of para-hydroxylation sites is 1. The number of esters is 1. The maximum Gasteiger partial charge on any atom is 0.326 e. The number of rotatable bonds is 6. The third-order valence-corrected chi connectivity index (χ3v) is 5.92. The molecule has 0 radical (unpaired) electrons. The standard InChI is InChI=1S/C19H19N3O5S/c1-21(2)28(25,26)15-7-5-6-14(10-15)12-27-18(23)11-22-13-20-17-9-4-3-8-16(17)19(22)24/h3-10,13H,11-12H2,1-2H3. The Hall–Kier alpha value is -3.04. The van der Waals surface area contributed by atoms with Crippen LogP contribution in [0, 0.1) is 0 Å². The molecule has 1 heterocycles. The molecule has 1 aromatic heterocycles. The van der Waals surface area contributed by atoms with E-state index in [9.17, 15) is 18.0 Å². The first-order valence-electron chi connectivity index (χ1n) is 8.40. The molecule has 0 saturated carbocycles. The molecule has 0 unspecified atom stereocenters. The number of nitrogens with zero attached hydrogens (tertiary/aromatic N) is 3. The van der Waals surface area contributed by atoms with Crippen LogP contribution in [-0.2, 0) is 32.7 Å². The predicted octanol–water partition coefficient (Wildman–Crippen LogP) is 1.39. The molecule has 3 aromatic rings. The molecule has 9 heteroatoms. The highest BCUT2D eigenvalue weighted by Crippen LogP contribution is 2.15. The zero-order chi connectivity index (χ0) is 20.3. The molecular weight excluding hydrogens is 382 g/mol. The molecule has 0 amide bonds. The minimum atomic E-state index is -3.57. The van der Waals surface area contributed by atoms with Crippen molar-refractivity contribution in [2.24, 2.45) is 0 Å². The Kier molecular flexibility index (Phi) is 5.57. The number of aromatic nitrogens is 2. The van der Waals surface area contributed by atoms with E-state index in [-0.39, 0.29) is 23.6 Å². The van der Waals surface area contributed by atoms with Crippen LogP contribution in [0.15, 0.2) is 64.5 Å². The van der Waals surface area contributed by atoms with Gasteiger partial charge in [0.05, 0.1) is 22.1 Å². The van der Waals surface area contributed by atoms with Crippen molar-refractivity contribution < 1.29 is 17.9 Å². The molecule has 2 aromatic carbocycles. The summed E-state index contributed by atoms with van der Waals surface area (Å²) >= 11 is 0. The zero-order valence-electron chi connectivity index (χ0n) is 15.4. The van der Waals surface area contributed by atoms with E-state index >= 15 is 0 Å². The largest absolute Gasteiger partial charge is 0.459 e. The molecule has 146 valence electrons. The molecular formula is C19H19N3O5S. The first kappa shape index (κ1) is 19.7. The van der Waals surface area contributed by atoms with Gasteiger partial charge < -0.3 is 4.74 Å². The molecule has 28 heavy (non-hydrogen) atoms. The minimum Gasteiger partial charge on any atom is -0.459 e. The maximum atomic E-state index is 12.4. The van der Waals surface area contributed by atoms with Crippen molar-refractivity contribution in [2.75, 3.05) is 14.1 Å². The van der Waals surface area contributed by atoms with Crippen LogP contribution in [0.1, 0.15) is 5.56 Å². The van der Waals surface area contributed by atoms with Gasteiger partial charge in [0.15, 0.2) is 0 Å². The van der Waals surface area contributed by atoms with Crippen LogP contribution in [0.3, 0.4) is 0 Å². The van der Waals surface area contributed by atoms with E-state index in [1.165, 1.54) is 37.1 Å². The van der Waals surface area contributed by atoms with Gasteiger partial charge in [-0.15, -0.1) is 0 Å². The topological polar surface area (TPSA) is 98.6 Å². The summed E-state index contributed by atoms with van der Waals surface area (Å²) in [5.41, 5.74) is 0.748. The monoisotopic (exact) mass is 401 g/mol. The number of ether oxygens (including phenoxy) is 1. The summed E-state index contributed by atoms with van der Waals surface area (Å²) in [4.78, 5) is 28.8. The Labute approximate surface area is 162 Å². The van der Waals surface area contributed by atoms with Gasteiger partial charge in [0.2, 0.25) is 10.0 Å². The van der Waals surface area contributed by atoms with E-state index in [0.717, 1.165) is 4.31 Å². The number of carbonyl (C=O) groups is 1. The summed E-state index contributed by atoms with van der Waals surface area (Å²) in [6.45, 7) is -0.391. The van der Waals surface area contributed by atoms with Gasteiger partial charge in [0.1, 0.15) is 13.2 Å². The smallest absolute Gasteiger partial charge is 0.326 e. The van der Waals surface area contributed by atoms with Gasteiger partial charge in [-0.1, -0.05) is 24.3 Å². The average Bonchev–Trinajstić information content (AvgIpc) is 2.69. The molecule has 8 nitrogen and oxygen atoms in total. The number of sulfonamides is 1. The highest BCUT2D eigenvalue weighted by molar-refractivity contribution is 7.89. The number of hydrogen-bond acceptors (Lipinski definition) is 6. The van der Waals surface area contributed by atoms with E-state index < -0.39 is 16.0 Å². The van der Waals surface area contributed by atoms with Crippen LogP contribution in [0.4, 0.5) is 0 Å². The fraction of sp³-hybridized carbons (Fsp3) is 0.211. The normalized spacial score (nSPS) is 11.7. The quantitative estimate of drug-likeness (QED) is 0.579. The highest BCUT2D eigenvalue weighted by Gasteiger charge is 2.17. The van der Waals surface area contributed by atoms with Crippen LogP contribution in [0.25, 0.3) is 10.9 Å². The van der Waals surface area contributed by atoms with Crippen LogP contribution >= 0.6 is 0 Å². The lowest BCUT2D eigenvalue weighted by atomic mass is 10.2.